The maximum Gasteiger partial charge on any atom is 0.305 e. The molecule has 0 fully saturated rings. The number of esters is 1. The summed E-state index contributed by atoms with van der Waals surface area (Å²) in [5, 5.41) is 3.15. The predicted molar refractivity (Wildman–Crippen MR) is 76.8 cm³/mol. The van der Waals surface area contributed by atoms with Crippen molar-refractivity contribution in [2.75, 3.05) is 25.6 Å². The number of nitrogens with zero attached hydrogens (tertiary/aromatic N) is 2. The molecule has 0 saturated carbocycles. The number of rotatable bonds is 10. The highest BCUT2D eigenvalue weighted by Crippen LogP contribution is 2.09. The lowest BCUT2D eigenvalue weighted by molar-refractivity contribution is -0.140. The van der Waals surface area contributed by atoms with Crippen molar-refractivity contribution in [1.82, 2.24) is 9.97 Å². The second-order valence-corrected chi connectivity index (χ2v) is 4.38. The molecule has 6 heteroatoms. The summed E-state index contributed by atoms with van der Waals surface area (Å²) in [6, 6.07) is 1.75. The lowest BCUT2D eigenvalue weighted by atomic mass is 10.2. The number of carbonyl (C=O) groups is 1. The van der Waals surface area contributed by atoms with E-state index in [1.165, 1.54) is 7.11 Å². The fraction of sp³-hybridized carbons (Fsp3) is 0.643. The standard InChI is InChI=1S/C14H23N3O3/c1-3-11-20-12-8-10-16-14(17-12)15-9-6-4-5-7-13(18)19-2/h8,10H,3-7,9,11H2,1-2H3,(H,15,16,17). The molecule has 0 amide bonds. The van der Waals surface area contributed by atoms with Gasteiger partial charge in [0, 0.05) is 25.2 Å². The summed E-state index contributed by atoms with van der Waals surface area (Å²) in [5.41, 5.74) is 0. The summed E-state index contributed by atoms with van der Waals surface area (Å²) in [4.78, 5) is 19.3. The van der Waals surface area contributed by atoms with E-state index in [2.05, 4.69) is 26.9 Å². The van der Waals surface area contributed by atoms with Gasteiger partial charge in [0.2, 0.25) is 11.8 Å². The van der Waals surface area contributed by atoms with E-state index in [1.54, 1.807) is 12.3 Å². The molecular weight excluding hydrogens is 258 g/mol. The first-order valence-electron chi connectivity index (χ1n) is 7.02. The molecule has 112 valence electrons. The minimum Gasteiger partial charge on any atom is -0.478 e. The van der Waals surface area contributed by atoms with Crippen LogP contribution in [0.4, 0.5) is 5.95 Å². The Bertz CT molecular complexity index is 399. The van der Waals surface area contributed by atoms with Crippen LogP contribution in [-0.4, -0.2) is 36.2 Å². The van der Waals surface area contributed by atoms with Crippen LogP contribution in [0.1, 0.15) is 39.0 Å². The third kappa shape index (κ3) is 6.92. The van der Waals surface area contributed by atoms with Crippen molar-refractivity contribution in [3.8, 4) is 5.88 Å². The Labute approximate surface area is 119 Å². The third-order valence-corrected chi connectivity index (χ3v) is 2.65. The molecule has 0 aliphatic heterocycles. The highest BCUT2D eigenvalue weighted by Gasteiger charge is 2.01. The van der Waals surface area contributed by atoms with Gasteiger partial charge in [-0.05, 0) is 19.3 Å². The summed E-state index contributed by atoms with van der Waals surface area (Å²) in [7, 11) is 1.41. The van der Waals surface area contributed by atoms with E-state index >= 15 is 0 Å². The number of anilines is 1. The molecule has 0 spiro atoms. The zero-order valence-corrected chi connectivity index (χ0v) is 12.2. The van der Waals surface area contributed by atoms with Crippen LogP contribution in [0.25, 0.3) is 0 Å². The van der Waals surface area contributed by atoms with Gasteiger partial charge in [0.05, 0.1) is 13.7 Å². The van der Waals surface area contributed by atoms with Crippen LogP contribution in [0.3, 0.4) is 0 Å². The fourth-order valence-electron chi connectivity index (χ4n) is 1.59. The van der Waals surface area contributed by atoms with Crippen LogP contribution in [0, 0.1) is 0 Å². The molecule has 1 aromatic rings. The van der Waals surface area contributed by atoms with Crippen molar-refractivity contribution in [2.24, 2.45) is 0 Å². The first-order valence-corrected chi connectivity index (χ1v) is 7.02. The Hall–Kier alpha value is -1.85. The quantitative estimate of drug-likeness (QED) is 0.524. The predicted octanol–water partition coefficient (Wildman–Crippen LogP) is 2.41. The molecule has 6 nitrogen and oxygen atoms in total. The Balaban J connectivity index is 2.16. The number of ether oxygens (including phenoxy) is 2. The van der Waals surface area contributed by atoms with Crippen molar-refractivity contribution in [1.29, 1.82) is 0 Å². The van der Waals surface area contributed by atoms with Crippen LogP contribution in [0.2, 0.25) is 0 Å². The highest BCUT2D eigenvalue weighted by atomic mass is 16.5. The molecule has 0 unspecified atom stereocenters. The first kappa shape index (κ1) is 16.2. The molecule has 0 bridgehead atoms. The fourth-order valence-corrected chi connectivity index (χ4v) is 1.59. The molecule has 0 aliphatic rings. The molecule has 1 heterocycles. The topological polar surface area (TPSA) is 73.3 Å². The number of carbonyl (C=O) groups excluding carboxylic acids is 1. The zero-order valence-electron chi connectivity index (χ0n) is 12.2. The molecule has 0 saturated heterocycles. The maximum atomic E-state index is 10.9. The molecule has 1 aromatic heterocycles. The third-order valence-electron chi connectivity index (χ3n) is 2.65. The number of aromatic nitrogens is 2. The zero-order chi connectivity index (χ0) is 14.6. The van der Waals surface area contributed by atoms with Gasteiger partial charge in [0.15, 0.2) is 0 Å². The second-order valence-electron chi connectivity index (χ2n) is 4.38. The molecule has 1 rings (SSSR count). The molecule has 0 aromatic carbocycles. The molecule has 20 heavy (non-hydrogen) atoms. The monoisotopic (exact) mass is 281 g/mol. The smallest absolute Gasteiger partial charge is 0.305 e. The Morgan fingerprint density at radius 3 is 2.95 bits per heavy atom. The number of hydrogen-bond acceptors (Lipinski definition) is 6. The Kier molecular flexibility index (Phi) is 8.10. The SMILES string of the molecule is CCCOc1ccnc(NCCCCCC(=O)OC)n1. The van der Waals surface area contributed by atoms with Crippen LogP contribution in [0.5, 0.6) is 5.88 Å². The largest absolute Gasteiger partial charge is 0.478 e. The van der Waals surface area contributed by atoms with E-state index in [1.807, 2.05) is 0 Å². The maximum absolute atomic E-state index is 10.9. The van der Waals surface area contributed by atoms with E-state index in [0.29, 0.717) is 24.9 Å². The van der Waals surface area contributed by atoms with Gasteiger partial charge in [-0.1, -0.05) is 13.3 Å². The van der Waals surface area contributed by atoms with Gasteiger partial charge in [-0.2, -0.15) is 4.98 Å². The van der Waals surface area contributed by atoms with E-state index in [0.717, 1.165) is 32.2 Å². The van der Waals surface area contributed by atoms with Crippen LogP contribution < -0.4 is 10.1 Å². The van der Waals surface area contributed by atoms with Crippen molar-refractivity contribution in [3.63, 3.8) is 0 Å². The van der Waals surface area contributed by atoms with Gasteiger partial charge in [-0.25, -0.2) is 4.98 Å². The second kappa shape index (κ2) is 10.00. The molecule has 1 N–H and O–H groups in total. The van der Waals surface area contributed by atoms with E-state index in [9.17, 15) is 4.79 Å². The number of unbranched alkanes of at least 4 members (excludes halogenated alkanes) is 2. The number of hydrogen-bond donors (Lipinski definition) is 1. The van der Waals surface area contributed by atoms with Crippen molar-refractivity contribution >= 4 is 11.9 Å². The van der Waals surface area contributed by atoms with Crippen LogP contribution in [-0.2, 0) is 9.53 Å². The van der Waals surface area contributed by atoms with E-state index in [-0.39, 0.29) is 5.97 Å². The highest BCUT2D eigenvalue weighted by molar-refractivity contribution is 5.68. The van der Waals surface area contributed by atoms with Gasteiger partial charge in [-0.15, -0.1) is 0 Å². The van der Waals surface area contributed by atoms with Crippen LogP contribution >= 0.6 is 0 Å². The van der Waals surface area contributed by atoms with Gasteiger partial charge >= 0.3 is 5.97 Å². The molecule has 0 atom stereocenters. The van der Waals surface area contributed by atoms with E-state index in [4.69, 9.17) is 4.74 Å². The summed E-state index contributed by atoms with van der Waals surface area (Å²) in [6.45, 7) is 3.48. The van der Waals surface area contributed by atoms with Gasteiger partial charge in [-0.3, -0.25) is 4.79 Å². The van der Waals surface area contributed by atoms with Crippen LogP contribution in [0.15, 0.2) is 12.3 Å². The first-order chi connectivity index (χ1) is 9.76. The minimum absolute atomic E-state index is 0.151. The number of methoxy groups -OCH3 is 1. The Morgan fingerprint density at radius 1 is 1.35 bits per heavy atom. The lowest BCUT2D eigenvalue weighted by Gasteiger charge is -2.07. The molecule has 0 aliphatic carbocycles. The average Bonchev–Trinajstić information content (AvgIpc) is 2.48. The molecule has 0 radical (unpaired) electrons. The normalized spacial score (nSPS) is 10.1. The molecular formula is C14H23N3O3. The average molecular weight is 281 g/mol. The minimum atomic E-state index is -0.151. The van der Waals surface area contributed by atoms with Gasteiger partial charge < -0.3 is 14.8 Å². The summed E-state index contributed by atoms with van der Waals surface area (Å²) in [6.07, 6.45) is 5.88. The lowest BCUT2D eigenvalue weighted by Crippen LogP contribution is -2.07. The summed E-state index contributed by atoms with van der Waals surface area (Å²) in [5.74, 6) is 1.02. The van der Waals surface area contributed by atoms with Crippen molar-refractivity contribution in [2.45, 2.75) is 39.0 Å². The van der Waals surface area contributed by atoms with E-state index < -0.39 is 0 Å². The summed E-state index contributed by atoms with van der Waals surface area (Å²) < 4.78 is 10.0. The summed E-state index contributed by atoms with van der Waals surface area (Å²) >= 11 is 0. The van der Waals surface area contributed by atoms with Gasteiger partial charge in [0.25, 0.3) is 0 Å². The Morgan fingerprint density at radius 2 is 2.20 bits per heavy atom. The number of nitrogens with one attached hydrogen (secondary N) is 1. The van der Waals surface area contributed by atoms with Crippen molar-refractivity contribution in [3.05, 3.63) is 12.3 Å². The van der Waals surface area contributed by atoms with Crippen molar-refractivity contribution < 1.29 is 14.3 Å². The van der Waals surface area contributed by atoms with Gasteiger partial charge in [0.1, 0.15) is 0 Å².